The van der Waals surface area contributed by atoms with Crippen LogP contribution in [0.4, 0.5) is 0 Å². The zero-order valence-electron chi connectivity index (χ0n) is 25.2. The van der Waals surface area contributed by atoms with Crippen LogP contribution in [-0.2, 0) is 40.9 Å². The molecule has 10 nitrogen and oxygen atoms in total. The number of para-hydroxylation sites is 1. The van der Waals surface area contributed by atoms with Gasteiger partial charge in [0.25, 0.3) is 0 Å². The Hall–Kier alpha value is -4.96. The number of fused-ring (bicyclic) bond motifs is 1. The molecule has 228 valence electrons. The largest absolute Gasteiger partial charge is 0.497 e. The molecular formula is C34H38N6O4. The lowest BCUT2D eigenvalue weighted by atomic mass is 9.85. The summed E-state index contributed by atoms with van der Waals surface area (Å²) in [4.78, 5) is 29.3. The number of hydrogen-bond donors (Lipinski definition) is 4. The Kier molecular flexibility index (Phi) is 8.82. The van der Waals surface area contributed by atoms with Crippen LogP contribution in [0.5, 0.6) is 5.75 Å². The number of H-pyrrole nitrogens is 1. The maximum Gasteiger partial charge on any atom is 0.306 e. The molecule has 0 aliphatic heterocycles. The van der Waals surface area contributed by atoms with E-state index in [1.807, 2.05) is 83.6 Å². The van der Waals surface area contributed by atoms with E-state index in [1.165, 1.54) is 0 Å². The van der Waals surface area contributed by atoms with E-state index in [0.29, 0.717) is 31.0 Å². The molecule has 1 amide bonds. The number of aliphatic carboxylic acids is 1. The number of carbonyl (C=O) groups excluding carboxylic acids is 1. The average Bonchev–Trinajstić information content (AvgIpc) is 3.60. The number of nitrogens with two attached hydrogens (primary N) is 1. The number of methoxy groups -OCH3 is 1. The molecule has 0 spiro atoms. The number of aromatic amines is 1. The Balaban J connectivity index is 1.63. The van der Waals surface area contributed by atoms with Gasteiger partial charge in [-0.1, -0.05) is 60.7 Å². The van der Waals surface area contributed by atoms with E-state index in [4.69, 9.17) is 10.5 Å². The molecule has 2 aromatic heterocycles. The summed E-state index contributed by atoms with van der Waals surface area (Å²) in [6.45, 7) is 3.53. The van der Waals surface area contributed by atoms with Crippen molar-refractivity contribution in [2.24, 2.45) is 5.73 Å². The zero-order chi connectivity index (χ0) is 31.3. The smallest absolute Gasteiger partial charge is 0.306 e. The minimum Gasteiger partial charge on any atom is -0.497 e. The number of aryl methyl sites for hydroxylation is 2. The highest BCUT2D eigenvalue weighted by molar-refractivity contribution is 5.86. The highest BCUT2D eigenvalue weighted by Gasteiger charge is 2.44. The molecule has 5 rings (SSSR count). The SMILES string of the molecule is COc1ccc(Cn2c(CCc3c[nH]c4ccccc34)nnc2C(CC(=O)O)(Cc2ccccc2)NC(=O)C(C)(C)N)cc1. The molecule has 0 fully saturated rings. The molecule has 0 radical (unpaired) electrons. The van der Waals surface area contributed by atoms with Gasteiger partial charge in [0.15, 0.2) is 5.82 Å². The van der Waals surface area contributed by atoms with Gasteiger partial charge in [-0.05, 0) is 55.2 Å². The number of carboxylic acid groups (broad SMARTS) is 1. The van der Waals surface area contributed by atoms with E-state index >= 15 is 0 Å². The summed E-state index contributed by atoms with van der Waals surface area (Å²) in [6.07, 6.45) is 2.97. The zero-order valence-corrected chi connectivity index (χ0v) is 25.2. The summed E-state index contributed by atoms with van der Waals surface area (Å²) in [5, 5.41) is 23.6. The maximum absolute atomic E-state index is 13.5. The fourth-order valence-corrected chi connectivity index (χ4v) is 5.48. The molecule has 1 unspecified atom stereocenters. The number of rotatable bonds is 13. The number of ether oxygens (including phenoxy) is 1. The fourth-order valence-electron chi connectivity index (χ4n) is 5.48. The van der Waals surface area contributed by atoms with Crippen LogP contribution in [0.1, 0.15) is 48.6 Å². The number of amides is 1. The van der Waals surface area contributed by atoms with Gasteiger partial charge in [-0.2, -0.15) is 0 Å². The van der Waals surface area contributed by atoms with Crippen LogP contribution in [0.25, 0.3) is 10.9 Å². The lowest BCUT2D eigenvalue weighted by Gasteiger charge is -2.35. The van der Waals surface area contributed by atoms with E-state index < -0.39 is 29.4 Å². The lowest BCUT2D eigenvalue weighted by Crippen LogP contribution is -2.58. The van der Waals surface area contributed by atoms with Gasteiger partial charge < -0.3 is 30.4 Å². The molecule has 10 heteroatoms. The van der Waals surface area contributed by atoms with Crippen molar-refractivity contribution in [3.63, 3.8) is 0 Å². The first kappa shape index (κ1) is 30.5. The molecule has 0 saturated heterocycles. The minimum absolute atomic E-state index is 0.172. The number of benzene rings is 3. The normalized spacial score (nSPS) is 13.0. The third kappa shape index (κ3) is 6.81. The summed E-state index contributed by atoms with van der Waals surface area (Å²) in [5.74, 6) is 0.166. The van der Waals surface area contributed by atoms with Gasteiger partial charge in [-0.15, -0.1) is 10.2 Å². The molecule has 5 aromatic rings. The van der Waals surface area contributed by atoms with Crippen molar-refractivity contribution in [1.82, 2.24) is 25.1 Å². The van der Waals surface area contributed by atoms with Crippen LogP contribution in [0.3, 0.4) is 0 Å². The monoisotopic (exact) mass is 594 g/mol. The summed E-state index contributed by atoms with van der Waals surface area (Å²) < 4.78 is 7.28. The second-order valence-electron chi connectivity index (χ2n) is 11.7. The number of nitrogens with one attached hydrogen (secondary N) is 2. The quantitative estimate of drug-likeness (QED) is 0.158. The maximum atomic E-state index is 13.5. The highest BCUT2D eigenvalue weighted by atomic mass is 16.5. The van der Waals surface area contributed by atoms with Crippen molar-refractivity contribution in [3.8, 4) is 5.75 Å². The summed E-state index contributed by atoms with van der Waals surface area (Å²) >= 11 is 0. The lowest BCUT2D eigenvalue weighted by molar-refractivity contribution is -0.140. The third-order valence-corrected chi connectivity index (χ3v) is 7.79. The Morgan fingerprint density at radius 3 is 2.34 bits per heavy atom. The predicted octanol–water partition coefficient (Wildman–Crippen LogP) is 4.37. The molecule has 0 aliphatic carbocycles. The second kappa shape index (κ2) is 12.7. The van der Waals surface area contributed by atoms with Crippen molar-refractivity contribution in [3.05, 3.63) is 113 Å². The molecule has 3 aromatic carbocycles. The Labute approximate surface area is 256 Å². The van der Waals surface area contributed by atoms with Gasteiger partial charge in [-0.25, -0.2) is 0 Å². The van der Waals surface area contributed by atoms with E-state index in [1.54, 1.807) is 21.0 Å². The number of carboxylic acids is 1. The van der Waals surface area contributed by atoms with Crippen molar-refractivity contribution in [2.75, 3.05) is 7.11 Å². The number of nitrogens with zero attached hydrogens (tertiary/aromatic N) is 3. The highest BCUT2D eigenvalue weighted by Crippen LogP contribution is 2.31. The van der Waals surface area contributed by atoms with Gasteiger partial charge >= 0.3 is 5.97 Å². The van der Waals surface area contributed by atoms with Gasteiger partial charge in [-0.3, -0.25) is 9.59 Å². The van der Waals surface area contributed by atoms with E-state index in [-0.39, 0.29) is 6.42 Å². The molecule has 44 heavy (non-hydrogen) atoms. The molecule has 1 atom stereocenters. The van der Waals surface area contributed by atoms with Gasteiger partial charge in [0, 0.05) is 29.9 Å². The first-order chi connectivity index (χ1) is 21.1. The fraction of sp³-hybridized carbons (Fsp3) is 0.294. The van der Waals surface area contributed by atoms with Crippen LogP contribution in [-0.4, -0.2) is 49.4 Å². The van der Waals surface area contributed by atoms with Crippen LogP contribution < -0.4 is 15.8 Å². The first-order valence-electron chi connectivity index (χ1n) is 14.6. The van der Waals surface area contributed by atoms with E-state index in [0.717, 1.165) is 33.3 Å². The summed E-state index contributed by atoms with van der Waals surface area (Å²) in [5.41, 5.74) is 7.47. The number of carbonyl (C=O) groups is 2. The Morgan fingerprint density at radius 2 is 1.66 bits per heavy atom. The van der Waals surface area contributed by atoms with Crippen LogP contribution in [0, 0.1) is 0 Å². The number of aromatic nitrogens is 4. The Morgan fingerprint density at radius 1 is 0.955 bits per heavy atom. The second-order valence-corrected chi connectivity index (χ2v) is 11.7. The summed E-state index contributed by atoms with van der Waals surface area (Å²) in [6, 6.07) is 25.2. The van der Waals surface area contributed by atoms with Gasteiger partial charge in [0.2, 0.25) is 5.91 Å². The molecule has 2 heterocycles. The van der Waals surface area contributed by atoms with Crippen LogP contribution >= 0.6 is 0 Å². The number of hydrogen-bond acceptors (Lipinski definition) is 6. The first-order valence-corrected chi connectivity index (χ1v) is 14.6. The third-order valence-electron chi connectivity index (χ3n) is 7.79. The molecule has 0 saturated carbocycles. The topological polar surface area (TPSA) is 148 Å². The van der Waals surface area contributed by atoms with Gasteiger partial charge in [0.05, 0.1) is 25.6 Å². The van der Waals surface area contributed by atoms with Crippen molar-refractivity contribution in [2.45, 2.75) is 57.2 Å². The van der Waals surface area contributed by atoms with Crippen molar-refractivity contribution < 1.29 is 19.4 Å². The Bertz CT molecular complexity index is 1740. The molecular weight excluding hydrogens is 556 g/mol. The van der Waals surface area contributed by atoms with Crippen LogP contribution in [0.15, 0.2) is 85.1 Å². The molecule has 5 N–H and O–H groups in total. The van der Waals surface area contributed by atoms with E-state index in [9.17, 15) is 14.7 Å². The van der Waals surface area contributed by atoms with Gasteiger partial charge in [0.1, 0.15) is 17.1 Å². The average molecular weight is 595 g/mol. The standard InChI is InChI=1S/C34H38N6O4/c1-33(2,35)32(43)37-34(20-30(41)42,19-23-9-5-4-6-10-23)31-39-38-29(40(31)22-24-13-16-26(44-3)17-14-24)18-15-25-21-36-28-12-8-7-11-27(25)28/h4-14,16-17,21,36H,15,18-20,22,35H2,1-3H3,(H,37,43)(H,41,42). The molecule has 0 aliphatic rings. The van der Waals surface area contributed by atoms with Crippen molar-refractivity contribution >= 4 is 22.8 Å². The summed E-state index contributed by atoms with van der Waals surface area (Å²) in [7, 11) is 1.61. The predicted molar refractivity (Wildman–Crippen MR) is 168 cm³/mol. The molecule has 0 bridgehead atoms. The van der Waals surface area contributed by atoms with Crippen LogP contribution in [0.2, 0.25) is 0 Å². The minimum atomic E-state index is -1.45. The van der Waals surface area contributed by atoms with E-state index in [2.05, 4.69) is 26.6 Å². The van der Waals surface area contributed by atoms with Crippen molar-refractivity contribution in [1.29, 1.82) is 0 Å².